The third-order valence-corrected chi connectivity index (χ3v) is 13.8. The Balaban J connectivity index is 1.35. The molecule has 3 aromatic heterocycles. The first-order valence-corrected chi connectivity index (χ1v) is 23.9. The van der Waals surface area contributed by atoms with E-state index >= 15 is 4.79 Å². The molecular weight excluding hydrogens is 778 g/mol. The van der Waals surface area contributed by atoms with Crippen LogP contribution < -0.4 is 9.64 Å². The van der Waals surface area contributed by atoms with E-state index in [0.29, 0.717) is 54.4 Å². The number of carbonyl (C=O) groups is 2. The Kier molecular flexibility index (Phi) is 11.2. The van der Waals surface area contributed by atoms with E-state index in [-0.39, 0.29) is 24.2 Å². The number of hydrogen-bond donors (Lipinski definition) is 1. The fraction of sp³-hybridized carbons (Fsp3) is 0.386. The Morgan fingerprint density at radius 2 is 1.70 bits per heavy atom. The van der Waals surface area contributed by atoms with Gasteiger partial charge in [-0.3, -0.25) is 9.48 Å². The van der Waals surface area contributed by atoms with Gasteiger partial charge in [-0.25, -0.2) is 4.79 Å². The van der Waals surface area contributed by atoms with Crippen LogP contribution in [0.15, 0.2) is 48.7 Å². The highest BCUT2D eigenvalue weighted by molar-refractivity contribution is 6.76. The molecule has 1 atom stereocenters. The lowest BCUT2D eigenvalue weighted by molar-refractivity contribution is 0.0696. The summed E-state index contributed by atoms with van der Waals surface area (Å²) < 4.78 is 18.4. The van der Waals surface area contributed by atoms with Crippen LogP contribution in [0.4, 0.5) is 5.69 Å². The van der Waals surface area contributed by atoms with Crippen molar-refractivity contribution in [2.45, 2.75) is 85.9 Å². The van der Waals surface area contributed by atoms with Crippen molar-refractivity contribution in [3.8, 4) is 16.9 Å². The molecule has 1 N–H and O–H groups in total. The summed E-state index contributed by atoms with van der Waals surface area (Å²) in [6, 6.07) is 13.8. The fourth-order valence-corrected chi connectivity index (χ4v) is 9.32. The first-order chi connectivity index (χ1) is 27.0. The predicted octanol–water partition coefficient (Wildman–Crippen LogP) is 10.8. The fourth-order valence-electron chi connectivity index (χ4n) is 8.21. The van der Waals surface area contributed by atoms with Gasteiger partial charge in [0.2, 0.25) is 0 Å². The number of rotatable bonds is 13. The van der Waals surface area contributed by atoms with Gasteiger partial charge < -0.3 is 28.6 Å². The van der Waals surface area contributed by atoms with Gasteiger partial charge in [0, 0.05) is 73.1 Å². The zero-order chi connectivity index (χ0) is 41.1. The van der Waals surface area contributed by atoms with Gasteiger partial charge in [0.05, 0.1) is 39.6 Å². The second-order valence-corrected chi connectivity index (χ2v) is 23.0. The lowest BCUT2D eigenvalue weighted by Crippen LogP contribution is -2.42. The number of aromatic carboxylic acids is 1. The number of amides is 1. The molecule has 0 saturated heterocycles. The summed E-state index contributed by atoms with van der Waals surface area (Å²) in [5, 5.41) is 17.7. The third-order valence-electron chi connectivity index (χ3n) is 11.2. The monoisotopic (exact) mass is 827 g/mol. The van der Waals surface area contributed by atoms with Crippen LogP contribution in [0.25, 0.3) is 32.9 Å². The van der Waals surface area contributed by atoms with Crippen LogP contribution in [0.3, 0.4) is 0 Å². The van der Waals surface area contributed by atoms with Crippen LogP contribution >= 0.6 is 23.2 Å². The number of carboxylic acid groups (broad SMARTS) is 1. The maximum Gasteiger partial charge on any atom is 0.335 e. The minimum absolute atomic E-state index is 0.154. The van der Waals surface area contributed by atoms with Crippen molar-refractivity contribution in [3.05, 3.63) is 98.0 Å². The summed E-state index contributed by atoms with van der Waals surface area (Å²) in [6.45, 7) is 18.7. The Bertz CT molecular complexity index is 2540. The van der Waals surface area contributed by atoms with Crippen molar-refractivity contribution in [3.63, 3.8) is 0 Å². The molecule has 0 fully saturated rings. The van der Waals surface area contributed by atoms with E-state index in [1.807, 2.05) is 79.4 Å². The molecule has 0 radical (unpaired) electrons. The van der Waals surface area contributed by atoms with E-state index in [1.54, 1.807) is 18.2 Å². The summed E-state index contributed by atoms with van der Waals surface area (Å²) in [6.07, 6.45) is 3.15. The number of anilines is 1. The molecule has 300 valence electrons. The number of ether oxygens (including phenoxy) is 2. The standard InChI is InChI=1S/C44H51Cl2N5O5Si/c1-25-19-31(20-26(2)40(25)46)56-16-10-11-32-33-13-14-35(45)39(38-28(4)47-48(6)29(38)5)41(33)51-27(3)22-50(43(52)42(32)51)37-23-49(24-55-17-18-57(7,8)9)36-15-12-30(44(53)54)21-34(36)37/h12-15,19-21,23,27H,10-11,16-18,22,24H2,1-9H3,(H,53,54)/t27-/m1/s1. The molecule has 1 aliphatic heterocycles. The van der Waals surface area contributed by atoms with Crippen molar-refractivity contribution in [1.82, 2.24) is 18.9 Å². The first-order valence-electron chi connectivity index (χ1n) is 19.5. The molecule has 0 bridgehead atoms. The third kappa shape index (κ3) is 7.62. The Morgan fingerprint density at radius 3 is 2.35 bits per heavy atom. The molecule has 4 heterocycles. The van der Waals surface area contributed by atoms with Crippen molar-refractivity contribution < 1.29 is 24.2 Å². The Morgan fingerprint density at radius 1 is 0.982 bits per heavy atom. The van der Waals surface area contributed by atoms with Crippen LogP contribution in [0.1, 0.15) is 68.3 Å². The number of fused-ring (bicyclic) bond motifs is 4. The molecule has 3 aromatic carbocycles. The number of carbonyl (C=O) groups excluding carboxylic acids is 1. The maximum absolute atomic E-state index is 15.3. The lowest BCUT2D eigenvalue weighted by atomic mass is 9.98. The average molecular weight is 829 g/mol. The van der Waals surface area contributed by atoms with E-state index in [4.69, 9.17) is 37.8 Å². The van der Waals surface area contributed by atoms with Crippen LogP contribution in [0.2, 0.25) is 35.7 Å². The van der Waals surface area contributed by atoms with Gasteiger partial charge in [-0.15, -0.1) is 0 Å². The molecule has 6 aromatic rings. The minimum atomic E-state index is -1.31. The molecule has 1 amide bonds. The van der Waals surface area contributed by atoms with Gasteiger partial charge >= 0.3 is 5.97 Å². The molecule has 0 unspecified atom stereocenters. The van der Waals surface area contributed by atoms with Gasteiger partial charge in [0.1, 0.15) is 18.2 Å². The van der Waals surface area contributed by atoms with Crippen molar-refractivity contribution >= 4 is 70.6 Å². The molecule has 0 saturated carbocycles. The molecule has 0 spiro atoms. The number of aryl methyl sites for hydroxylation is 5. The quantitative estimate of drug-likeness (QED) is 0.0918. The molecule has 13 heteroatoms. The summed E-state index contributed by atoms with van der Waals surface area (Å²) in [7, 11) is 0.614. The zero-order valence-corrected chi connectivity index (χ0v) is 36.7. The average Bonchev–Trinajstić information content (AvgIpc) is 3.76. The van der Waals surface area contributed by atoms with Crippen LogP contribution in [-0.4, -0.2) is 63.7 Å². The zero-order valence-electron chi connectivity index (χ0n) is 34.2. The molecule has 1 aliphatic rings. The van der Waals surface area contributed by atoms with Gasteiger partial charge in [-0.05, 0) is 107 Å². The predicted molar refractivity (Wildman–Crippen MR) is 233 cm³/mol. The van der Waals surface area contributed by atoms with E-state index in [0.717, 1.165) is 72.4 Å². The smallest absolute Gasteiger partial charge is 0.335 e. The van der Waals surface area contributed by atoms with Crippen LogP contribution in [0.5, 0.6) is 5.75 Å². The highest BCUT2D eigenvalue weighted by Gasteiger charge is 2.38. The summed E-state index contributed by atoms with van der Waals surface area (Å²) in [5.41, 5.74) is 9.58. The van der Waals surface area contributed by atoms with Gasteiger partial charge in [-0.1, -0.05) is 48.9 Å². The number of benzene rings is 3. The number of aromatic nitrogens is 4. The van der Waals surface area contributed by atoms with Crippen molar-refractivity contribution in [1.29, 1.82) is 0 Å². The van der Waals surface area contributed by atoms with Crippen molar-refractivity contribution in [2.75, 3.05) is 24.7 Å². The molecule has 10 nitrogen and oxygen atoms in total. The number of nitrogens with zero attached hydrogens (tertiary/aromatic N) is 5. The number of halogens is 2. The SMILES string of the molecule is Cc1cc(OCCCc2c3n(c4c(-c5c(C)nn(C)c5C)c(Cl)ccc24)[C@H](C)CN(c2cn(COCC[Si](C)(C)C)c4ccc(C(=O)O)cc24)C3=O)cc(C)c1Cl. The topological polar surface area (TPSA) is 104 Å². The second-order valence-electron chi connectivity index (χ2n) is 16.6. The first kappa shape index (κ1) is 40.6. The highest BCUT2D eigenvalue weighted by atomic mass is 35.5. The second kappa shape index (κ2) is 15.7. The van der Waals surface area contributed by atoms with E-state index in [9.17, 15) is 9.90 Å². The molecular formula is C44H51Cl2N5O5Si. The normalized spacial score (nSPS) is 14.6. The largest absolute Gasteiger partial charge is 0.494 e. The number of carboxylic acids is 1. The minimum Gasteiger partial charge on any atom is -0.494 e. The van der Waals surface area contributed by atoms with Crippen LogP contribution in [-0.2, 0) is 24.9 Å². The molecule has 7 rings (SSSR count). The van der Waals surface area contributed by atoms with Crippen LogP contribution in [0, 0.1) is 27.7 Å². The van der Waals surface area contributed by atoms with Gasteiger partial charge in [0.15, 0.2) is 0 Å². The Hall–Kier alpha value is -4.55. The maximum atomic E-state index is 15.3. The molecule has 0 aliphatic carbocycles. The van der Waals surface area contributed by atoms with E-state index in [1.165, 1.54) is 0 Å². The van der Waals surface area contributed by atoms with Gasteiger partial charge in [-0.2, -0.15) is 5.10 Å². The summed E-state index contributed by atoms with van der Waals surface area (Å²) in [4.78, 5) is 29.3. The van der Waals surface area contributed by atoms with E-state index in [2.05, 4.69) is 31.1 Å². The lowest BCUT2D eigenvalue weighted by Gasteiger charge is -2.34. The summed E-state index contributed by atoms with van der Waals surface area (Å²) >= 11 is 13.6. The molecule has 57 heavy (non-hydrogen) atoms. The van der Waals surface area contributed by atoms with Crippen molar-refractivity contribution in [2.24, 2.45) is 7.05 Å². The highest BCUT2D eigenvalue weighted by Crippen LogP contribution is 2.46. The summed E-state index contributed by atoms with van der Waals surface area (Å²) in [5.74, 6) is -0.434. The Labute approximate surface area is 344 Å². The van der Waals surface area contributed by atoms with Gasteiger partial charge in [0.25, 0.3) is 5.91 Å². The number of hydrogen-bond acceptors (Lipinski definition) is 5. The van der Waals surface area contributed by atoms with E-state index < -0.39 is 14.0 Å².